The highest BCUT2D eigenvalue weighted by atomic mass is 28.3. The molecule has 0 spiro atoms. The molecule has 22 heavy (non-hydrogen) atoms. The van der Waals surface area contributed by atoms with Crippen LogP contribution >= 0.6 is 0 Å². The molecule has 0 amide bonds. The van der Waals surface area contributed by atoms with E-state index in [1.807, 2.05) is 0 Å². The Labute approximate surface area is 135 Å². The van der Waals surface area contributed by atoms with Gasteiger partial charge in [0.1, 0.15) is 0 Å². The van der Waals surface area contributed by atoms with Gasteiger partial charge in [-0.15, -0.1) is 0 Å². The van der Waals surface area contributed by atoms with E-state index in [0.717, 1.165) is 28.1 Å². The number of benzene rings is 2. The van der Waals surface area contributed by atoms with Crippen LogP contribution in [-0.2, 0) is 0 Å². The number of rotatable bonds is 2. The van der Waals surface area contributed by atoms with Crippen LogP contribution in [0.3, 0.4) is 0 Å². The lowest BCUT2D eigenvalue weighted by Gasteiger charge is -2.26. The zero-order valence-corrected chi connectivity index (χ0v) is 15.9. The van der Waals surface area contributed by atoms with Crippen molar-refractivity contribution in [2.75, 3.05) is 11.5 Å². The van der Waals surface area contributed by atoms with Gasteiger partial charge in [-0.3, -0.25) is 0 Å². The van der Waals surface area contributed by atoms with Gasteiger partial charge in [0.2, 0.25) is 0 Å². The molecule has 0 fully saturated rings. The van der Waals surface area contributed by atoms with Crippen LogP contribution in [-0.4, -0.2) is 8.07 Å². The molecule has 2 rings (SSSR count). The Kier molecular flexibility index (Phi) is 4.13. The third-order valence-corrected chi connectivity index (χ3v) is 6.63. The zero-order chi connectivity index (χ0) is 16.8. The van der Waals surface area contributed by atoms with E-state index < -0.39 is 8.07 Å². The summed E-state index contributed by atoms with van der Waals surface area (Å²) in [5.74, 6) is 0. The van der Waals surface area contributed by atoms with Crippen molar-refractivity contribution < 1.29 is 0 Å². The Balaban J connectivity index is 2.86. The Morgan fingerprint density at radius 3 is 1.64 bits per heavy atom. The molecule has 0 unspecified atom stereocenters. The van der Waals surface area contributed by atoms with Gasteiger partial charge in [-0.05, 0) is 84.5 Å². The second kappa shape index (κ2) is 5.47. The number of hydrogen-bond acceptors (Lipinski definition) is 2. The molecule has 0 saturated heterocycles. The fourth-order valence-corrected chi connectivity index (χ4v) is 5.61. The third-order valence-electron chi connectivity index (χ3n) is 4.49. The summed E-state index contributed by atoms with van der Waals surface area (Å²) in [6.45, 7) is 15.6. The SMILES string of the molecule is Cc1cc(-c2cc(C)c(N)c(C)c2[Si](C)(C)C)cc(C)c1N. The van der Waals surface area contributed by atoms with E-state index >= 15 is 0 Å². The summed E-state index contributed by atoms with van der Waals surface area (Å²) in [5, 5.41) is 1.46. The van der Waals surface area contributed by atoms with Crippen LogP contribution in [0, 0.1) is 27.7 Å². The Bertz CT molecular complexity index is 717. The third kappa shape index (κ3) is 2.78. The van der Waals surface area contributed by atoms with Crippen molar-refractivity contribution in [3.8, 4) is 11.1 Å². The summed E-state index contributed by atoms with van der Waals surface area (Å²) in [6.07, 6.45) is 0. The van der Waals surface area contributed by atoms with Gasteiger partial charge in [-0.25, -0.2) is 0 Å². The van der Waals surface area contributed by atoms with Crippen LogP contribution in [0.15, 0.2) is 18.2 Å². The number of anilines is 2. The largest absolute Gasteiger partial charge is 0.398 e. The molecule has 0 aliphatic heterocycles. The van der Waals surface area contributed by atoms with Crippen LogP contribution in [0.5, 0.6) is 0 Å². The number of nitrogens with two attached hydrogens (primary N) is 2. The molecule has 0 radical (unpaired) electrons. The first-order valence-electron chi connectivity index (χ1n) is 7.81. The smallest absolute Gasteiger partial charge is 0.0788 e. The molecule has 4 N–H and O–H groups in total. The first-order valence-corrected chi connectivity index (χ1v) is 11.3. The van der Waals surface area contributed by atoms with E-state index in [2.05, 4.69) is 65.5 Å². The molecule has 3 heteroatoms. The number of aryl methyl sites for hydroxylation is 3. The standard InChI is InChI=1S/C19H28N2Si/c1-11-8-15(9-12(2)17(11)20)16-10-13(3)18(21)14(4)19(16)22(5,6)7/h8-10H,20-21H2,1-7H3. The summed E-state index contributed by atoms with van der Waals surface area (Å²) in [4.78, 5) is 0. The molecule has 0 aliphatic rings. The van der Waals surface area contributed by atoms with Crippen molar-refractivity contribution in [1.82, 2.24) is 0 Å². The fraction of sp³-hybridized carbons (Fsp3) is 0.368. The number of hydrogen-bond donors (Lipinski definition) is 2. The van der Waals surface area contributed by atoms with Gasteiger partial charge in [0.05, 0.1) is 8.07 Å². The first-order chi connectivity index (χ1) is 10.0. The van der Waals surface area contributed by atoms with Crippen molar-refractivity contribution in [3.63, 3.8) is 0 Å². The van der Waals surface area contributed by atoms with Gasteiger partial charge in [0, 0.05) is 11.4 Å². The molecule has 2 nitrogen and oxygen atoms in total. The van der Waals surface area contributed by atoms with Gasteiger partial charge in [0.15, 0.2) is 0 Å². The van der Waals surface area contributed by atoms with E-state index in [0.29, 0.717) is 0 Å². The molecule has 118 valence electrons. The van der Waals surface area contributed by atoms with Crippen molar-refractivity contribution in [3.05, 3.63) is 40.5 Å². The van der Waals surface area contributed by atoms with Crippen LogP contribution in [0.25, 0.3) is 11.1 Å². The summed E-state index contributed by atoms with van der Waals surface area (Å²) in [5.41, 5.74) is 21.5. The minimum Gasteiger partial charge on any atom is -0.398 e. The molecule has 0 atom stereocenters. The van der Waals surface area contributed by atoms with Gasteiger partial charge < -0.3 is 11.5 Å². The highest BCUT2D eigenvalue weighted by Gasteiger charge is 2.25. The molecule has 0 saturated carbocycles. The summed E-state index contributed by atoms with van der Waals surface area (Å²) >= 11 is 0. The van der Waals surface area contributed by atoms with Crippen molar-refractivity contribution in [2.24, 2.45) is 0 Å². The average molecular weight is 313 g/mol. The maximum absolute atomic E-state index is 6.31. The molecule has 0 aromatic heterocycles. The maximum atomic E-state index is 6.31. The van der Waals surface area contributed by atoms with Crippen LogP contribution in [0.2, 0.25) is 19.6 Å². The summed E-state index contributed by atoms with van der Waals surface area (Å²) in [6, 6.07) is 6.66. The summed E-state index contributed by atoms with van der Waals surface area (Å²) < 4.78 is 0. The van der Waals surface area contributed by atoms with E-state index in [4.69, 9.17) is 11.5 Å². The normalized spacial score (nSPS) is 11.8. The zero-order valence-electron chi connectivity index (χ0n) is 14.9. The highest BCUT2D eigenvalue weighted by molar-refractivity contribution is 6.90. The monoisotopic (exact) mass is 312 g/mol. The number of nitrogen functional groups attached to an aromatic ring is 2. The molecular formula is C19H28N2Si. The lowest BCUT2D eigenvalue weighted by molar-refractivity contribution is 1.37. The van der Waals surface area contributed by atoms with E-state index in [1.54, 1.807) is 0 Å². The molecule has 2 aromatic carbocycles. The average Bonchev–Trinajstić information content (AvgIpc) is 2.39. The van der Waals surface area contributed by atoms with Crippen LogP contribution in [0.1, 0.15) is 22.3 Å². The fourth-order valence-electron chi connectivity index (χ4n) is 3.32. The lowest BCUT2D eigenvalue weighted by atomic mass is 9.95. The quantitative estimate of drug-likeness (QED) is 0.642. The van der Waals surface area contributed by atoms with Gasteiger partial charge in [-0.2, -0.15) is 0 Å². The molecular weight excluding hydrogens is 284 g/mol. The molecule has 0 bridgehead atoms. The second-order valence-corrected chi connectivity index (χ2v) is 12.4. The molecule has 0 aliphatic carbocycles. The molecule has 0 heterocycles. The molecule has 2 aromatic rings. The minimum absolute atomic E-state index is 0.891. The van der Waals surface area contributed by atoms with Gasteiger partial charge in [-0.1, -0.05) is 19.6 Å². The minimum atomic E-state index is -1.52. The second-order valence-electron chi connectivity index (χ2n) is 7.43. The predicted molar refractivity (Wildman–Crippen MR) is 103 cm³/mol. The Morgan fingerprint density at radius 1 is 0.727 bits per heavy atom. The lowest BCUT2D eigenvalue weighted by Crippen LogP contribution is -2.41. The van der Waals surface area contributed by atoms with Crippen molar-refractivity contribution in [2.45, 2.75) is 47.3 Å². The topological polar surface area (TPSA) is 52.0 Å². The van der Waals surface area contributed by atoms with Crippen molar-refractivity contribution >= 4 is 24.6 Å². The van der Waals surface area contributed by atoms with E-state index in [1.165, 1.54) is 21.9 Å². The Hall–Kier alpha value is -1.74. The maximum Gasteiger partial charge on any atom is 0.0788 e. The van der Waals surface area contributed by atoms with Crippen LogP contribution in [0.4, 0.5) is 11.4 Å². The summed E-state index contributed by atoms with van der Waals surface area (Å²) in [7, 11) is -1.52. The predicted octanol–water partition coefficient (Wildman–Crippen LogP) is 4.30. The van der Waals surface area contributed by atoms with Crippen molar-refractivity contribution in [1.29, 1.82) is 0 Å². The van der Waals surface area contributed by atoms with E-state index in [-0.39, 0.29) is 0 Å². The van der Waals surface area contributed by atoms with Gasteiger partial charge in [0.25, 0.3) is 0 Å². The first kappa shape index (κ1) is 16.6. The van der Waals surface area contributed by atoms with E-state index in [9.17, 15) is 0 Å². The van der Waals surface area contributed by atoms with Crippen LogP contribution < -0.4 is 16.7 Å². The van der Waals surface area contributed by atoms with Gasteiger partial charge >= 0.3 is 0 Å². The Morgan fingerprint density at radius 2 is 1.18 bits per heavy atom. The highest BCUT2D eigenvalue weighted by Crippen LogP contribution is 2.31.